The van der Waals surface area contributed by atoms with Gasteiger partial charge in [0.25, 0.3) is 0 Å². The number of anilines is 1. The molecule has 0 heterocycles. The van der Waals surface area contributed by atoms with E-state index in [0.717, 1.165) is 40.3 Å². The number of carbonyl (C=O) groups is 1. The van der Waals surface area contributed by atoms with Crippen molar-refractivity contribution < 1.29 is 17.9 Å². The van der Waals surface area contributed by atoms with Crippen molar-refractivity contribution in [1.29, 1.82) is 0 Å². The molecule has 0 radical (unpaired) electrons. The second-order valence-electron chi connectivity index (χ2n) is 6.73. The lowest BCUT2D eigenvalue weighted by molar-refractivity contribution is -0.119. The molecule has 2 aromatic rings. The van der Waals surface area contributed by atoms with Crippen molar-refractivity contribution in [3.05, 3.63) is 58.6 Å². The zero-order chi connectivity index (χ0) is 21.4. The molecule has 0 spiro atoms. The van der Waals surface area contributed by atoms with Crippen molar-refractivity contribution in [3.8, 4) is 5.75 Å². The summed E-state index contributed by atoms with van der Waals surface area (Å²) in [4.78, 5) is 12.3. The summed E-state index contributed by atoms with van der Waals surface area (Å²) in [6.45, 7) is 4.56. The molecule has 0 unspecified atom stereocenters. The highest BCUT2D eigenvalue weighted by molar-refractivity contribution is 7.92. The summed E-state index contributed by atoms with van der Waals surface area (Å²) in [6, 6.07) is 12.8. The molecule has 1 amide bonds. The van der Waals surface area contributed by atoms with Gasteiger partial charge in [0.15, 0.2) is 0 Å². The van der Waals surface area contributed by atoms with Crippen LogP contribution in [0.4, 0.5) is 5.69 Å². The molecule has 0 aromatic heterocycles. The predicted molar refractivity (Wildman–Crippen MR) is 117 cm³/mol. The zero-order valence-electron chi connectivity index (χ0n) is 16.9. The Morgan fingerprint density at radius 3 is 2.45 bits per heavy atom. The average Bonchev–Trinajstić information content (AvgIpc) is 2.66. The van der Waals surface area contributed by atoms with Gasteiger partial charge < -0.3 is 10.1 Å². The van der Waals surface area contributed by atoms with Gasteiger partial charge in [-0.15, -0.1) is 0 Å². The maximum Gasteiger partial charge on any atom is 0.240 e. The fraction of sp³-hybridized carbons (Fsp3) is 0.381. The van der Waals surface area contributed by atoms with Gasteiger partial charge in [0.1, 0.15) is 12.3 Å². The summed E-state index contributed by atoms with van der Waals surface area (Å²) in [7, 11) is -3.62. The lowest BCUT2D eigenvalue weighted by Crippen LogP contribution is -2.40. The Morgan fingerprint density at radius 1 is 1.17 bits per heavy atom. The fourth-order valence-electron chi connectivity index (χ4n) is 2.76. The number of halogens is 1. The Morgan fingerprint density at radius 2 is 1.86 bits per heavy atom. The van der Waals surface area contributed by atoms with Crippen molar-refractivity contribution in [2.75, 3.05) is 30.3 Å². The number of nitrogens with one attached hydrogen (secondary N) is 1. The maximum atomic E-state index is 12.3. The van der Waals surface area contributed by atoms with Crippen LogP contribution in [0, 0.1) is 6.92 Å². The van der Waals surface area contributed by atoms with Gasteiger partial charge in [-0.2, -0.15) is 0 Å². The first-order valence-electron chi connectivity index (χ1n) is 9.43. The van der Waals surface area contributed by atoms with E-state index in [1.807, 2.05) is 38.1 Å². The Labute approximate surface area is 177 Å². The van der Waals surface area contributed by atoms with Crippen LogP contribution in [0.1, 0.15) is 24.5 Å². The number of benzene rings is 2. The van der Waals surface area contributed by atoms with Crippen LogP contribution in [0.2, 0.25) is 5.02 Å². The van der Waals surface area contributed by atoms with E-state index in [-0.39, 0.29) is 12.5 Å². The van der Waals surface area contributed by atoms with E-state index in [2.05, 4.69) is 5.32 Å². The Kier molecular flexibility index (Phi) is 8.34. The minimum Gasteiger partial charge on any atom is -0.494 e. The molecule has 0 aliphatic rings. The van der Waals surface area contributed by atoms with Crippen LogP contribution in [0.5, 0.6) is 5.75 Å². The van der Waals surface area contributed by atoms with Crippen LogP contribution >= 0.6 is 11.6 Å². The van der Waals surface area contributed by atoms with Gasteiger partial charge >= 0.3 is 0 Å². The molecule has 6 nitrogen and oxygen atoms in total. The van der Waals surface area contributed by atoms with E-state index < -0.39 is 10.0 Å². The number of aryl methyl sites for hydroxylation is 2. The predicted octanol–water partition coefficient (Wildman–Crippen LogP) is 3.56. The molecular formula is C21H27ClN2O4S. The highest BCUT2D eigenvalue weighted by atomic mass is 35.5. The van der Waals surface area contributed by atoms with Crippen LogP contribution in [-0.2, 0) is 21.2 Å². The van der Waals surface area contributed by atoms with Crippen LogP contribution in [-0.4, -0.2) is 40.3 Å². The summed E-state index contributed by atoms with van der Waals surface area (Å²) >= 11 is 6.10. The van der Waals surface area contributed by atoms with E-state index in [1.54, 1.807) is 18.2 Å². The number of carbonyl (C=O) groups excluding carboxylic acids is 1. The first kappa shape index (κ1) is 23.0. The number of nitrogens with zero attached hydrogens (tertiary/aromatic N) is 1. The topological polar surface area (TPSA) is 75.7 Å². The monoisotopic (exact) mass is 438 g/mol. The zero-order valence-corrected chi connectivity index (χ0v) is 18.5. The van der Waals surface area contributed by atoms with Crippen molar-refractivity contribution in [2.45, 2.75) is 26.7 Å². The molecule has 0 fully saturated rings. The second kappa shape index (κ2) is 10.5. The minimum atomic E-state index is -3.62. The average molecular weight is 439 g/mol. The lowest BCUT2D eigenvalue weighted by atomic mass is 10.1. The van der Waals surface area contributed by atoms with Gasteiger partial charge in [0, 0.05) is 11.6 Å². The van der Waals surface area contributed by atoms with Gasteiger partial charge in [-0.1, -0.05) is 29.8 Å². The number of sulfonamides is 1. The second-order valence-corrected chi connectivity index (χ2v) is 9.05. The Balaban J connectivity index is 1.87. The van der Waals surface area contributed by atoms with Crippen molar-refractivity contribution >= 4 is 33.2 Å². The first-order valence-corrected chi connectivity index (χ1v) is 11.7. The molecule has 2 rings (SSSR count). The van der Waals surface area contributed by atoms with Gasteiger partial charge in [-0.05, 0) is 62.1 Å². The van der Waals surface area contributed by atoms with Crippen LogP contribution in [0.3, 0.4) is 0 Å². The Bertz CT molecular complexity index is 930. The third-order valence-corrected chi connectivity index (χ3v) is 5.88. The van der Waals surface area contributed by atoms with E-state index in [0.29, 0.717) is 23.9 Å². The van der Waals surface area contributed by atoms with E-state index >= 15 is 0 Å². The van der Waals surface area contributed by atoms with Crippen LogP contribution < -0.4 is 14.4 Å². The summed E-state index contributed by atoms with van der Waals surface area (Å²) in [5.74, 6) is 0.473. The molecule has 1 N–H and O–H groups in total. The third kappa shape index (κ3) is 7.25. The van der Waals surface area contributed by atoms with Crippen molar-refractivity contribution in [2.24, 2.45) is 0 Å². The highest BCUT2D eigenvalue weighted by Crippen LogP contribution is 2.24. The first-order chi connectivity index (χ1) is 13.7. The minimum absolute atomic E-state index is 0.290. The largest absolute Gasteiger partial charge is 0.494 e. The molecule has 8 heteroatoms. The molecule has 0 saturated heterocycles. The molecule has 29 heavy (non-hydrogen) atoms. The molecular weight excluding hydrogens is 412 g/mol. The quantitative estimate of drug-likeness (QED) is 0.575. The summed E-state index contributed by atoms with van der Waals surface area (Å²) in [5.41, 5.74) is 2.35. The normalized spacial score (nSPS) is 11.2. The standard InChI is InChI=1S/C21H27ClN2O4S/c1-4-28-19-11-8-17(9-12-19)6-5-13-23-21(25)15-24(29(3,26)27)18-10-7-16(2)20(22)14-18/h7-12,14H,4-6,13,15H2,1-3H3,(H,23,25). The van der Waals surface area contributed by atoms with Gasteiger partial charge in [-0.25, -0.2) is 8.42 Å². The van der Waals surface area contributed by atoms with E-state index in [9.17, 15) is 13.2 Å². The third-order valence-electron chi connectivity index (χ3n) is 4.33. The lowest BCUT2D eigenvalue weighted by Gasteiger charge is -2.22. The fourth-order valence-corrected chi connectivity index (χ4v) is 3.79. The molecule has 0 aliphatic heterocycles. The molecule has 0 atom stereocenters. The molecule has 158 valence electrons. The SMILES string of the molecule is CCOc1ccc(CCCNC(=O)CN(c2ccc(C)c(Cl)c2)S(C)(=O)=O)cc1. The number of hydrogen-bond donors (Lipinski definition) is 1. The Hall–Kier alpha value is -2.25. The van der Waals surface area contributed by atoms with E-state index in [1.165, 1.54) is 0 Å². The summed E-state index contributed by atoms with van der Waals surface area (Å²) in [6.07, 6.45) is 2.62. The number of ether oxygens (including phenoxy) is 1. The smallest absolute Gasteiger partial charge is 0.240 e. The summed E-state index contributed by atoms with van der Waals surface area (Å²) < 4.78 is 30.8. The number of amides is 1. The van der Waals surface area contributed by atoms with Crippen molar-refractivity contribution in [3.63, 3.8) is 0 Å². The molecule has 0 bridgehead atoms. The number of rotatable bonds is 10. The number of hydrogen-bond acceptors (Lipinski definition) is 4. The van der Waals surface area contributed by atoms with Gasteiger partial charge in [0.05, 0.1) is 18.6 Å². The van der Waals surface area contributed by atoms with Gasteiger partial charge in [-0.3, -0.25) is 9.10 Å². The highest BCUT2D eigenvalue weighted by Gasteiger charge is 2.21. The van der Waals surface area contributed by atoms with E-state index in [4.69, 9.17) is 16.3 Å². The van der Waals surface area contributed by atoms with Crippen LogP contribution in [0.15, 0.2) is 42.5 Å². The van der Waals surface area contributed by atoms with Crippen molar-refractivity contribution in [1.82, 2.24) is 5.32 Å². The molecule has 0 aliphatic carbocycles. The maximum absolute atomic E-state index is 12.3. The van der Waals surface area contributed by atoms with Crippen LogP contribution in [0.25, 0.3) is 0 Å². The summed E-state index contributed by atoms with van der Waals surface area (Å²) in [5, 5.41) is 3.23. The van der Waals surface area contributed by atoms with Gasteiger partial charge in [0.2, 0.25) is 15.9 Å². The molecule has 2 aromatic carbocycles. The molecule has 0 saturated carbocycles.